The number of aliphatic hydroxyl groups is 1. The van der Waals surface area contributed by atoms with Crippen molar-refractivity contribution in [1.29, 1.82) is 0 Å². The largest absolute Gasteiger partial charge is 0.396 e. The zero-order chi connectivity index (χ0) is 15.8. The van der Waals surface area contributed by atoms with Gasteiger partial charge < -0.3 is 10.4 Å². The predicted octanol–water partition coefficient (Wildman–Crippen LogP) is 3.22. The Hall–Kier alpha value is -1.79. The lowest BCUT2D eigenvalue weighted by atomic mass is 9.89. The van der Waals surface area contributed by atoms with Gasteiger partial charge in [-0.05, 0) is 50.2 Å². The smallest absolute Gasteiger partial charge is 0.147 e. The first-order valence-corrected chi connectivity index (χ1v) is 9.01. The van der Waals surface area contributed by atoms with E-state index in [0.717, 1.165) is 33.7 Å². The molecule has 0 spiro atoms. The molecule has 3 aromatic rings. The predicted molar refractivity (Wildman–Crippen MR) is 94.3 cm³/mol. The van der Waals surface area contributed by atoms with Gasteiger partial charge in [-0.25, -0.2) is 15.0 Å². The second-order valence-corrected chi connectivity index (χ2v) is 7.05. The highest BCUT2D eigenvalue weighted by molar-refractivity contribution is 7.26. The number of aryl methyl sites for hydroxylation is 2. The van der Waals surface area contributed by atoms with Crippen LogP contribution in [0.25, 0.3) is 20.4 Å². The van der Waals surface area contributed by atoms with Crippen LogP contribution in [0.5, 0.6) is 0 Å². The zero-order valence-electron chi connectivity index (χ0n) is 13.2. The summed E-state index contributed by atoms with van der Waals surface area (Å²) in [5.74, 6) is 0.855. The highest BCUT2D eigenvalue weighted by atomic mass is 32.1. The molecule has 1 aliphatic carbocycles. The fourth-order valence-electron chi connectivity index (χ4n) is 3.46. The van der Waals surface area contributed by atoms with E-state index in [2.05, 4.69) is 22.2 Å². The minimum Gasteiger partial charge on any atom is -0.396 e. The van der Waals surface area contributed by atoms with Crippen LogP contribution >= 0.6 is 11.3 Å². The van der Waals surface area contributed by atoms with E-state index in [1.807, 2.05) is 0 Å². The number of rotatable bonds is 4. The maximum Gasteiger partial charge on any atom is 0.147 e. The normalized spacial score (nSPS) is 14.3. The van der Waals surface area contributed by atoms with Gasteiger partial charge in [-0.2, -0.15) is 0 Å². The lowest BCUT2D eigenvalue weighted by Crippen LogP contribution is -2.07. The molecule has 0 aromatic carbocycles. The molecule has 1 aliphatic rings. The van der Waals surface area contributed by atoms with Gasteiger partial charge in [0.1, 0.15) is 17.0 Å². The Balaban J connectivity index is 1.92. The highest BCUT2D eigenvalue weighted by Gasteiger charge is 2.21. The molecule has 3 heterocycles. The number of aromatic nitrogens is 3. The first kappa shape index (κ1) is 14.8. The number of hydrogen-bond acceptors (Lipinski definition) is 6. The molecule has 0 aliphatic heterocycles. The second-order valence-electron chi connectivity index (χ2n) is 6.05. The van der Waals surface area contributed by atoms with Crippen LogP contribution < -0.4 is 5.32 Å². The fourth-order valence-corrected chi connectivity index (χ4v) is 4.63. The summed E-state index contributed by atoms with van der Waals surface area (Å²) in [6.07, 6.45) is 7.10. The molecular weight excluding hydrogens is 308 g/mol. The Morgan fingerprint density at radius 3 is 2.87 bits per heavy atom. The number of nitrogens with one attached hydrogen (secondary N) is 1. The summed E-state index contributed by atoms with van der Waals surface area (Å²) in [6.45, 7) is 3.02. The maximum absolute atomic E-state index is 8.95. The molecule has 0 bridgehead atoms. The Morgan fingerprint density at radius 2 is 2.04 bits per heavy atom. The standard InChI is InChI=1S/C17H20N4OS/c1-10-11-5-2-3-6-12(11)13-14-15(23-17(13)21-10)16(20-9-19-14)18-7-4-8-22/h9,22H,2-8H2,1H3,(H,18,19,20). The number of pyridine rings is 1. The number of fused-ring (bicyclic) bond motifs is 5. The van der Waals surface area contributed by atoms with E-state index in [9.17, 15) is 0 Å². The topological polar surface area (TPSA) is 70.9 Å². The summed E-state index contributed by atoms with van der Waals surface area (Å²) in [5.41, 5.74) is 5.07. The lowest BCUT2D eigenvalue weighted by Gasteiger charge is -2.18. The van der Waals surface area contributed by atoms with Crippen LogP contribution in [0.1, 0.15) is 36.1 Å². The molecule has 0 atom stereocenters. The molecule has 5 nitrogen and oxygen atoms in total. The van der Waals surface area contributed by atoms with Crippen LogP contribution in [0.15, 0.2) is 6.33 Å². The third-order valence-corrected chi connectivity index (χ3v) is 5.64. The van der Waals surface area contributed by atoms with Crippen molar-refractivity contribution < 1.29 is 5.11 Å². The number of thiophene rings is 1. The Kier molecular flexibility index (Phi) is 3.87. The molecule has 4 rings (SSSR count). The minimum atomic E-state index is 0.182. The second kappa shape index (κ2) is 6.02. The average molecular weight is 328 g/mol. The summed E-state index contributed by atoms with van der Waals surface area (Å²) in [5, 5.41) is 13.5. The number of anilines is 1. The first-order chi connectivity index (χ1) is 11.3. The molecule has 0 saturated heterocycles. The van der Waals surface area contributed by atoms with E-state index in [0.29, 0.717) is 13.0 Å². The van der Waals surface area contributed by atoms with Gasteiger partial charge in [-0.15, -0.1) is 11.3 Å². The fraction of sp³-hybridized carbons (Fsp3) is 0.471. The summed E-state index contributed by atoms with van der Waals surface area (Å²) < 4.78 is 1.08. The summed E-state index contributed by atoms with van der Waals surface area (Å²) in [4.78, 5) is 14.9. The summed E-state index contributed by atoms with van der Waals surface area (Å²) in [6, 6.07) is 0. The van der Waals surface area contributed by atoms with Crippen molar-refractivity contribution in [3.05, 3.63) is 23.1 Å². The SMILES string of the molecule is Cc1nc2sc3c(NCCCO)ncnc3c2c2c1CCCC2. The van der Waals surface area contributed by atoms with Gasteiger partial charge >= 0.3 is 0 Å². The van der Waals surface area contributed by atoms with Gasteiger partial charge in [0.05, 0.1) is 10.2 Å². The van der Waals surface area contributed by atoms with E-state index in [1.54, 1.807) is 17.7 Å². The average Bonchev–Trinajstić information content (AvgIpc) is 2.94. The van der Waals surface area contributed by atoms with Crippen molar-refractivity contribution in [2.45, 2.75) is 39.0 Å². The molecule has 120 valence electrons. The molecular formula is C17H20N4OS. The van der Waals surface area contributed by atoms with Crippen LogP contribution in [0.4, 0.5) is 5.82 Å². The Labute approximate surface area is 138 Å². The minimum absolute atomic E-state index is 0.182. The van der Waals surface area contributed by atoms with Crippen molar-refractivity contribution in [2.75, 3.05) is 18.5 Å². The van der Waals surface area contributed by atoms with E-state index >= 15 is 0 Å². The van der Waals surface area contributed by atoms with Crippen molar-refractivity contribution in [1.82, 2.24) is 15.0 Å². The molecule has 0 saturated carbocycles. The quantitative estimate of drug-likeness (QED) is 0.720. The van der Waals surface area contributed by atoms with Gasteiger partial charge in [0.2, 0.25) is 0 Å². The third-order valence-electron chi connectivity index (χ3n) is 4.56. The van der Waals surface area contributed by atoms with Gasteiger partial charge in [0.15, 0.2) is 0 Å². The molecule has 0 radical (unpaired) electrons. The lowest BCUT2D eigenvalue weighted by molar-refractivity contribution is 0.292. The van der Waals surface area contributed by atoms with E-state index in [4.69, 9.17) is 10.1 Å². The van der Waals surface area contributed by atoms with Crippen molar-refractivity contribution in [3.8, 4) is 0 Å². The van der Waals surface area contributed by atoms with Gasteiger partial charge in [-0.1, -0.05) is 0 Å². The van der Waals surface area contributed by atoms with Gasteiger partial charge in [0, 0.05) is 24.2 Å². The monoisotopic (exact) mass is 328 g/mol. The van der Waals surface area contributed by atoms with E-state index in [-0.39, 0.29) is 6.61 Å². The molecule has 0 unspecified atom stereocenters. The van der Waals surface area contributed by atoms with Crippen molar-refractivity contribution in [2.24, 2.45) is 0 Å². The number of hydrogen-bond donors (Lipinski definition) is 2. The van der Waals surface area contributed by atoms with Crippen LogP contribution in [-0.4, -0.2) is 33.2 Å². The molecule has 2 N–H and O–H groups in total. The summed E-state index contributed by atoms with van der Waals surface area (Å²) >= 11 is 1.67. The zero-order valence-corrected chi connectivity index (χ0v) is 14.0. The highest BCUT2D eigenvalue weighted by Crippen LogP contribution is 2.40. The Morgan fingerprint density at radius 1 is 1.22 bits per heavy atom. The summed E-state index contributed by atoms with van der Waals surface area (Å²) in [7, 11) is 0. The van der Waals surface area contributed by atoms with Crippen LogP contribution in [0.2, 0.25) is 0 Å². The number of aliphatic hydroxyl groups excluding tert-OH is 1. The Bertz CT molecular complexity index is 874. The van der Waals surface area contributed by atoms with Gasteiger partial charge in [0.25, 0.3) is 0 Å². The number of nitrogens with zero attached hydrogens (tertiary/aromatic N) is 3. The van der Waals surface area contributed by atoms with Crippen molar-refractivity contribution in [3.63, 3.8) is 0 Å². The van der Waals surface area contributed by atoms with Crippen LogP contribution in [0.3, 0.4) is 0 Å². The third kappa shape index (κ3) is 2.46. The molecule has 0 amide bonds. The molecule has 6 heteroatoms. The molecule has 0 fully saturated rings. The molecule has 23 heavy (non-hydrogen) atoms. The van der Waals surface area contributed by atoms with Crippen LogP contribution in [0, 0.1) is 6.92 Å². The maximum atomic E-state index is 8.95. The van der Waals surface area contributed by atoms with Crippen molar-refractivity contribution >= 4 is 37.6 Å². The van der Waals surface area contributed by atoms with Crippen LogP contribution in [-0.2, 0) is 12.8 Å². The molecule has 3 aromatic heterocycles. The van der Waals surface area contributed by atoms with E-state index < -0.39 is 0 Å². The first-order valence-electron chi connectivity index (χ1n) is 8.20. The van der Waals surface area contributed by atoms with E-state index in [1.165, 1.54) is 35.0 Å². The van der Waals surface area contributed by atoms with Gasteiger partial charge in [-0.3, -0.25) is 0 Å².